The average Bonchev–Trinajstić information content (AvgIpc) is 3.68. The molecule has 0 aliphatic rings. The van der Waals surface area contributed by atoms with E-state index in [1.807, 2.05) is 24.7 Å². The first-order chi connectivity index (χ1) is 20.0. The van der Waals surface area contributed by atoms with E-state index in [1.165, 1.54) is 27.9 Å². The van der Waals surface area contributed by atoms with Gasteiger partial charge in [-0.1, -0.05) is 100 Å². The van der Waals surface area contributed by atoms with E-state index >= 15 is 0 Å². The predicted octanol–water partition coefficient (Wildman–Crippen LogP) is 9.23. The maximum Gasteiger partial charge on any atom is 0.144 e. The largest absolute Gasteiger partial charge is 0.300 e. The molecule has 4 nitrogen and oxygen atoms in total. The molecule has 4 aromatic carbocycles. The summed E-state index contributed by atoms with van der Waals surface area (Å²) in [6.45, 7) is 9.06. The molecule has 0 saturated carbocycles. The third-order valence-corrected chi connectivity index (χ3v) is 7.68. The van der Waals surface area contributed by atoms with E-state index in [0.717, 1.165) is 34.9 Å². The highest BCUT2D eigenvalue weighted by atomic mass is 15.1. The van der Waals surface area contributed by atoms with Crippen molar-refractivity contribution in [2.24, 2.45) is 0 Å². The lowest BCUT2D eigenvalue weighted by Crippen LogP contribution is -2.07. The highest BCUT2D eigenvalue weighted by molar-refractivity contribution is 5.64. The van der Waals surface area contributed by atoms with Crippen LogP contribution in [-0.2, 0) is 6.42 Å². The van der Waals surface area contributed by atoms with Crippen LogP contribution in [0.5, 0.6) is 0 Å². The Morgan fingerprint density at radius 2 is 1.07 bits per heavy atom. The number of rotatable bonds is 8. The van der Waals surface area contributed by atoms with Crippen LogP contribution in [-0.4, -0.2) is 19.1 Å². The van der Waals surface area contributed by atoms with Crippen molar-refractivity contribution in [1.29, 1.82) is 0 Å². The fourth-order valence-electron chi connectivity index (χ4n) is 5.68. The highest BCUT2D eigenvalue weighted by Crippen LogP contribution is 2.34. The monoisotopic (exact) mass is 536 g/mol. The van der Waals surface area contributed by atoms with Crippen LogP contribution >= 0.6 is 0 Å². The molecule has 0 amide bonds. The van der Waals surface area contributed by atoms with Crippen molar-refractivity contribution >= 4 is 0 Å². The third-order valence-electron chi connectivity index (χ3n) is 7.68. The quantitative estimate of drug-likeness (QED) is 0.194. The number of benzene rings is 4. The Hall–Kier alpha value is -4.70. The van der Waals surface area contributed by atoms with Gasteiger partial charge >= 0.3 is 0 Å². The Labute approximate surface area is 243 Å². The summed E-state index contributed by atoms with van der Waals surface area (Å²) < 4.78 is 4.42. The molecule has 41 heavy (non-hydrogen) atoms. The van der Waals surface area contributed by atoms with Crippen molar-refractivity contribution in [2.45, 2.75) is 46.0 Å². The van der Waals surface area contributed by atoms with Crippen LogP contribution < -0.4 is 0 Å². The van der Waals surface area contributed by atoms with Gasteiger partial charge in [-0.15, -0.1) is 0 Å². The molecule has 0 radical (unpaired) electrons. The Kier molecular flexibility index (Phi) is 7.39. The van der Waals surface area contributed by atoms with Gasteiger partial charge in [-0.2, -0.15) is 0 Å². The second-order valence-corrected chi connectivity index (χ2v) is 11.2. The van der Waals surface area contributed by atoms with E-state index in [0.29, 0.717) is 11.8 Å². The summed E-state index contributed by atoms with van der Waals surface area (Å²) in [4.78, 5) is 9.54. The van der Waals surface area contributed by atoms with Crippen LogP contribution in [0.2, 0.25) is 0 Å². The molecule has 2 heterocycles. The predicted molar refractivity (Wildman–Crippen MR) is 169 cm³/mol. The van der Waals surface area contributed by atoms with Gasteiger partial charge in [0.25, 0.3) is 0 Å². The van der Waals surface area contributed by atoms with Crippen LogP contribution in [0.4, 0.5) is 0 Å². The number of hydrogen-bond acceptors (Lipinski definition) is 2. The van der Waals surface area contributed by atoms with E-state index in [1.54, 1.807) is 0 Å². The number of para-hydroxylation sites is 2. The standard InChI is InChI=1S/C37H36N4/c1-26(2)33-17-10-18-34(27(3)4)35(33)41-22-20-39-37(41)31-14-9-12-29(25-31)23-28-11-8-13-30(24-28)36-38-19-21-40(36)32-15-6-5-7-16-32/h5-22,24-27H,23H2,1-4H3. The molecule has 6 rings (SSSR count). The van der Waals surface area contributed by atoms with E-state index < -0.39 is 0 Å². The molecule has 0 aliphatic carbocycles. The van der Waals surface area contributed by atoms with E-state index in [2.05, 4.69) is 139 Å². The maximum atomic E-state index is 4.85. The molecule has 204 valence electrons. The summed E-state index contributed by atoms with van der Waals surface area (Å²) in [5, 5.41) is 0. The number of imidazole rings is 2. The van der Waals surface area contributed by atoms with E-state index in [9.17, 15) is 0 Å². The maximum absolute atomic E-state index is 4.85. The van der Waals surface area contributed by atoms with Gasteiger partial charge in [0.15, 0.2) is 0 Å². The first kappa shape index (κ1) is 26.5. The van der Waals surface area contributed by atoms with Gasteiger partial charge in [-0.05, 0) is 64.8 Å². The smallest absolute Gasteiger partial charge is 0.144 e. The molecule has 0 saturated heterocycles. The molecular weight excluding hydrogens is 500 g/mol. The summed E-state index contributed by atoms with van der Waals surface area (Å²) in [6, 6.07) is 34.6. The second-order valence-electron chi connectivity index (χ2n) is 11.2. The Morgan fingerprint density at radius 3 is 1.63 bits per heavy atom. The molecule has 0 N–H and O–H groups in total. The summed E-state index contributed by atoms with van der Waals surface area (Å²) >= 11 is 0. The van der Waals surface area contributed by atoms with Crippen molar-refractivity contribution in [3.63, 3.8) is 0 Å². The van der Waals surface area contributed by atoms with Crippen molar-refractivity contribution in [2.75, 3.05) is 0 Å². The van der Waals surface area contributed by atoms with Gasteiger partial charge in [-0.3, -0.25) is 9.13 Å². The molecule has 0 aliphatic heterocycles. The normalized spacial score (nSPS) is 11.5. The SMILES string of the molecule is CC(C)c1cccc(C(C)C)c1-n1ccnc1-c1cccc(Cc2cccc(-c3nccn3-c3ccccc3)c2)c1. The number of aromatic nitrogens is 4. The minimum Gasteiger partial charge on any atom is -0.300 e. The molecule has 0 spiro atoms. The van der Waals surface area contributed by atoms with Crippen LogP contribution in [0.1, 0.15) is 61.8 Å². The van der Waals surface area contributed by atoms with Crippen LogP contribution in [0, 0.1) is 0 Å². The van der Waals surface area contributed by atoms with Crippen LogP contribution in [0.15, 0.2) is 122 Å². The first-order valence-corrected chi connectivity index (χ1v) is 14.4. The minimum atomic E-state index is 0.412. The highest BCUT2D eigenvalue weighted by Gasteiger charge is 2.19. The Balaban J connectivity index is 1.33. The molecule has 0 atom stereocenters. The van der Waals surface area contributed by atoms with Gasteiger partial charge in [-0.25, -0.2) is 9.97 Å². The molecule has 4 heteroatoms. The zero-order valence-electron chi connectivity index (χ0n) is 24.2. The van der Waals surface area contributed by atoms with Gasteiger partial charge in [0.05, 0.1) is 5.69 Å². The Bertz CT molecular complexity index is 1750. The van der Waals surface area contributed by atoms with E-state index in [-0.39, 0.29) is 0 Å². The van der Waals surface area contributed by atoms with Crippen LogP contribution in [0.3, 0.4) is 0 Å². The second kappa shape index (κ2) is 11.4. The molecule has 0 unspecified atom stereocenters. The Morgan fingerprint density at radius 1 is 0.561 bits per heavy atom. The first-order valence-electron chi connectivity index (χ1n) is 14.4. The number of hydrogen-bond donors (Lipinski definition) is 0. The molecule has 0 bridgehead atoms. The van der Waals surface area contributed by atoms with E-state index in [4.69, 9.17) is 4.98 Å². The molecule has 6 aromatic rings. The van der Waals surface area contributed by atoms with Gasteiger partial charge in [0.2, 0.25) is 0 Å². The van der Waals surface area contributed by atoms with Crippen molar-refractivity contribution in [1.82, 2.24) is 19.1 Å². The fraction of sp³-hybridized carbons (Fsp3) is 0.189. The summed E-state index contributed by atoms with van der Waals surface area (Å²) in [7, 11) is 0. The lowest BCUT2D eigenvalue weighted by molar-refractivity contribution is 0.806. The third kappa shape index (κ3) is 5.38. The van der Waals surface area contributed by atoms with Crippen molar-refractivity contribution in [3.8, 4) is 34.2 Å². The topological polar surface area (TPSA) is 35.6 Å². The van der Waals surface area contributed by atoms with Crippen molar-refractivity contribution < 1.29 is 0 Å². The van der Waals surface area contributed by atoms with Gasteiger partial charge in [0.1, 0.15) is 11.6 Å². The summed E-state index contributed by atoms with van der Waals surface area (Å²) in [6.07, 6.45) is 8.73. The van der Waals surface area contributed by atoms with Crippen molar-refractivity contribution in [3.05, 3.63) is 144 Å². The summed E-state index contributed by atoms with van der Waals surface area (Å²) in [5.74, 6) is 2.74. The van der Waals surface area contributed by atoms with Gasteiger partial charge in [0, 0.05) is 41.6 Å². The van der Waals surface area contributed by atoms with Crippen LogP contribution in [0.25, 0.3) is 34.2 Å². The zero-order chi connectivity index (χ0) is 28.3. The lowest BCUT2D eigenvalue weighted by Gasteiger charge is -2.22. The lowest BCUT2D eigenvalue weighted by atomic mass is 9.92. The molecular formula is C37H36N4. The molecule has 2 aromatic heterocycles. The average molecular weight is 537 g/mol. The fourth-order valence-corrected chi connectivity index (χ4v) is 5.68. The molecule has 0 fully saturated rings. The minimum absolute atomic E-state index is 0.412. The summed E-state index contributed by atoms with van der Waals surface area (Å²) in [5.41, 5.74) is 9.78. The zero-order valence-corrected chi connectivity index (χ0v) is 24.2. The number of nitrogens with zero attached hydrogens (tertiary/aromatic N) is 4. The van der Waals surface area contributed by atoms with Gasteiger partial charge < -0.3 is 0 Å².